The molecule has 3 aromatic carbocycles. The molecule has 218 valence electrons. The minimum atomic E-state index is -1.03. The van der Waals surface area contributed by atoms with Gasteiger partial charge in [0.1, 0.15) is 11.5 Å². The van der Waals surface area contributed by atoms with E-state index in [1.165, 1.54) is 0 Å². The average molecular weight is 560 g/mol. The van der Waals surface area contributed by atoms with E-state index in [0.717, 1.165) is 36.3 Å². The number of ether oxygens (including phenoxy) is 1. The summed E-state index contributed by atoms with van der Waals surface area (Å²) >= 11 is 0. The highest BCUT2D eigenvalue weighted by atomic mass is 16.5. The fourth-order valence-electron chi connectivity index (χ4n) is 5.72. The van der Waals surface area contributed by atoms with Crippen LogP contribution in [0.2, 0.25) is 0 Å². The van der Waals surface area contributed by atoms with E-state index in [4.69, 9.17) is 9.84 Å². The number of carboxylic acids is 1. The molecule has 0 unspecified atom stereocenters. The van der Waals surface area contributed by atoms with Crippen LogP contribution < -0.4 is 4.74 Å². The predicted octanol–water partition coefficient (Wildman–Crippen LogP) is 5.02. The number of phenols is 1. The number of carbonyl (C=O) groups is 2. The van der Waals surface area contributed by atoms with Gasteiger partial charge in [0.05, 0.1) is 6.04 Å². The molecule has 8 heteroatoms. The Morgan fingerprint density at radius 1 is 0.927 bits per heavy atom. The molecule has 3 atom stereocenters. The fraction of sp³-hybridized carbons (Fsp3) is 0.394. The quantitative estimate of drug-likeness (QED) is 0.341. The van der Waals surface area contributed by atoms with Crippen LogP contribution in [0.25, 0.3) is 0 Å². The molecule has 0 spiro atoms. The van der Waals surface area contributed by atoms with Gasteiger partial charge in [-0.2, -0.15) is 0 Å². The number of nitrogens with zero attached hydrogens (tertiary/aromatic N) is 3. The van der Waals surface area contributed by atoms with Gasteiger partial charge in [0.25, 0.3) is 5.91 Å². The first kappa shape index (κ1) is 30.1. The lowest BCUT2D eigenvalue weighted by molar-refractivity contribution is -0.139. The zero-order valence-electron chi connectivity index (χ0n) is 24.4. The third-order valence-electron chi connectivity index (χ3n) is 7.83. The summed E-state index contributed by atoms with van der Waals surface area (Å²) in [4.78, 5) is 31.1. The lowest BCUT2D eigenvalue weighted by Crippen LogP contribution is -2.56. The maximum Gasteiger partial charge on any atom is 0.341 e. The van der Waals surface area contributed by atoms with E-state index in [1.807, 2.05) is 73.3 Å². The van der Waals surface area contributed by atoms with E-state index in [-0.39, 0.29) is 29.8 Å². The zero-order chi connectivity index (χ0) is 29.5. The SMILES string of the molecule is CCN(CC)C(=O)c1cccc([C@@H](c2cccc(OCC(=O)O)c2)N2C[C@@H](C)N(Cc3cccc(O)c3)C[C@@H]2C)c1. The van der Waals surface area contributed by atoms with E-state index >= 15 is 0 Å². The molecule has 8 nitrogen and oxygen atoms in total. The van der Waals surface area contributed by atoms with Crippen molar-refractivity contribution in [2.45, 2.75) is 52.4 Å². The average Bonchev–Trinajstić information content (AvgIpc) is 2.95. The smallest absolute Gasteiger partial charge is 0.341 e. The van der Waals surface area contributed by atoms with Crippen LogP contribution in [-0.4, -0.2) is 81.7 Å². The van der Waals surface area contributed by atoms with Crippen molar-refractivity contribution >= 4 is 11.9 Å². The second-order valence-corrected chi connectivity index (χ2v) is 10.8. The third-order valence-corrected chi connectivity index (χ3v) is 7.83. The van der Waals surface area contributed by atoms with Gasteiger partial charge in [-0.3, -0.25) is 14.6 Å². The number of amides is 1. The summed E-state index contributed by atoms with van der Waals surface area (Å²) in [5.74, 6) is -0.258. The van der Waals surface area contributed by atoms with Gasteiger partial charge < -0.3 is 19.8 Å². The maximum atomic E-state index is 13.3. The molecule has 0 aromatic heterocycles. The number of phenolic OH excluding ortho intramolecular Hbond substituents is 1. The van der Waals surface area contributed by atoms with Crippen LogP contribution in [-0.2, 0) is 11.3 Å². The molecule has 1 amide bonds. The summed E-state index contributed by atoms with van der Waals surface area (Å²) in [6, 6.07) is 23.1. The summed E-state index contributed by atoms with van der Waals surface area (Å²) in [5.41, 5.74) is 3.69. The van der Waals surface area contributed by atoms with Crippen molar-refractivity contribution in [2.75, 3.05) is 32.8 Å². The first-order valence-electron chi connectivity index (χ1n) is 14.3. The van der Waals surface area contributed by atoms with Crippen LogP contribution in [0.15, 0.2) is 72.8 Å². The number of rotatable bonds is 11. The molecule has 3 aromatic rings. The maximum absolute atomic E-state index is 13.3. The number of benzene rings is 3. The van der Waals surface area contributed by atoms with Crippen LogP contribution in [0.4, 0.5) is 0 Å². The lowest BCUT2D eigenvalue weighted by Gasteiger charge is -2.48. The fourth-order valence-corrected chi connectivity index (χ4v) is 5.72. The number of piperazine rings is 1. The molecule has 4 rings (SSSR count). The Bertz CT molecular complexity index is 1340. The summed E-state index contributed by atoms with van der Waals surface area (Å²) in [6.07, 6.45) is 0. The van der Waals surface area contributed by atoms with Gasteiger partial charge in [0.15, 0.2) is 6.61 Å². The summed E-state index contributed by atoms with van der Waals surface area (Å²) in [6.45, 7) is 11.6. The molecule has 1 saturated heterocycles. The van der Waals surface area contributed by atoms with Crippen molar-refractivity contribution in [1.82, 2.24) is 14.7 Å². The normalized spacial score (nSPS) is 18.5. The predicted molar refractivity (Wildman–Crippen MR) is 159 cm³/mol. The van der Waals surface area contributed by atoms with Crippen molar-refractivity contribution < 1.29 is 24.5 Å². The Morgan fingerprint density at radius 2 is 1.61 bits per heavy atom. The van der Waals surface area contributed by atoms with Gasteiger partial charge >= 0.3 is 5.97 Å². The molecule has 0 aliphatic carbocycles. The largest absolute Gasteiger partial charge is 0.508 e. The molecular weight excluding hydrogens is 518 g/mol. The van der Waals surface area contributed by atoms with Crippen LogP contribution >= 0.6 is 0 Å². The highest BCUT2D eigenvalue weighted by Gasteiger charge is 2.35. The molecule has 1 heterocycles. The Balaban J connectivity index is 1.69. The summed E-state index contributed by atoms with van der Waals surface area (Å²) < 4.78 is 5.54. The standard InChI is InChI=1S/C33H41N3O5/c1-5-34(6-2)33(40)28-13-8-11-26(17-28)32(27-12-9-15-30(18-27)41-22-31(38)39)36-20-23(3)35(19-24(36)4)21-25-10-7-14-29(37)16-25/h7-18,23-24,32,37H,5-6,19-22H2,1-4H3,(H,38,39)/t23-,24+,32+/m1/s1. The number of aliphatic carboxylic acids is 1. The molecule has 1 aliphatic rings. The minimum absolute atomic E-state index is 0.00601. The van der Waals surface area contributed by atoms with Crippen LogP contribution in [0.3, 0.4) is 0 Å². The molecule has 1 fully saturated rings. The second-order valence-electron chi connectivity index (χ2n) is 10.8. The number of hydrogen-bond acceptors (Lipinski definition) is 6. The molecule has 0 radical (unpaired) electrons. The van der Waals surface area contributed by atoms with Crippen molar-refractivity contribution in [1.29, 1.82) is 0 Å². The van der Waals surface area contributed by atoms with Gasteiger partial charge in [0, 0.05) is 50.4 Å². The van der Waals surface area contributed by atoms with Gasteiger partial charge in [0.2, 0.25) is 0 Å². The number of hydrogen-bond donors (Lipinski definition) is 2. The van der Waals surface area contributed by atoms with E-state index in [9.17, 15) is 14.7 Å². The van der Waals surface area contributed by atoms with Gasteiger partial charge in [-0.1, -0.05) is 36.4 Å². The van der Waals surface area contributed by atoms with Crippen molar-refractivity contribution in [3.63, 3.8) is 0 Å². The van der Waals surface area contributed by atoms with E-state index in [1.54, 1.807) is 12.1 Å². The van der Waals surface area contributed by atoms with Crippen molar-refractivity contribution in [3.05, 3.63) is 95.1 Å². The van der Waals surface area contributed by atoms with Crippen LogP contribution in [0.1, 0.15) is 60.8 Å². The molecule has 0 saturated carbocycles. The van der Waals surface area contributed by atoms with E-state index in [2.05, 4.69) is 29.7 Å². The van der Waals surface area contributed by atoms with Crippen LogP contribution in [0, 0.1) is 0 Å². The topological polar surface area (TPSA) is 93.5 Å². The first-order valence-corrected chi connectivity index (χ1v) is 14.3. The second kappa shape index (κ2) is 13.7. The number of carbonyl (C=O) groups excluding carboxylic acids is 1. The summed E-state index contributed by atoms with van der Waals surface area (Å²) in [5, 5.41) is 19.1. The Labute approximate surface area is 242 Å². The van der Waals surface area contributed by atoms with Crippen LogP contribution in [0.5, 0.6) is 11.5 Å². The van der Waals surface area contributed by atoms with Gasteiger partial charge in [-0.15, -0.1) is 0 Å². The lowest BCUT2D eigenvalue weighted by atomic mass is 9.92. The van der Waals surface area contributed by atoms with E-state index in [0.29, 0.717) is 24.4 Å². The first-order chi connectivity index (χ1) is 19.7. The number of carboxylic acid groups (broad SMARTS) is 1. The number of aromatic hydroxyl groups is 1. The Kier molecular flexibility index (Phi) is 10.0. The highest BCUT2D eigenvalue weighted by molar-refractivity contribution is 5.94. The monoisotopic (exact) mass is 559 g/mol. The third kappa shape index (κ3) is 7.45. The molecular formula is C33H41N3O5. The van der Waals surface area contributed by atoms with Crippen molar-refractivity contribution in [3.8, 4) is 11.5 Å². The molecule has 1 aliphatic heterocycles. The van der Waals surface area contributed by atoms with Gasteiger partial charge in [-0.25, -0.2) is 4.79 Å². The highest BCUT2D eigenvalue weighted by Crippen LogP contribution is 2.35. The van der Waals surface area contributed by atoms with Gasteiger partial charge in [-0.05, 0) is 80.8 Å². The van der Waals surface area contributed by atoms with E-state index < -0.39 is 12.6 Å². The summed E-state index contributed by atoms with van der Waals surface area (Å²) in [7, 11) is 0. The Hall–Kier alpha value is -3.88. The minimum Gasteiger partial charge on any atom is -0.508 e. The van der Waals surface area contributed by atoms with Crippen molar-refractivity contribution in [2.24, 2.45) is 0 Å². The molecule has 2 N–H and O–H groups in total. The molecule has 41 heavy (non-hydrogen) atoms. The Morgan fingerprint density at radius 3 is 2.29 bits per heavy atom. The zero-order valence-corrected chi connectivity index (χ0v) is 24.4. The molecule has 0 bridgehead atoms.